The van der Waals surface area contributed by atoms with Crippen molar-refractivity contribution < 1.29 is 32.5 Å². The summed E-state index contributed by atoms with van der Waals surface area (Å²) >= 11 is 0. The molecule has 3 fully saturated rings. The molecule has 8 unspecified atom stereocenters. The van der Waals surface area contributed by atoms with Crippen LogP contribution in [-0.4, -0.2) is 62.5 Å². The van der Waals surface area contributed by atoms with E-state index in [1.807, 2.05) is 55.4 Å². The molecule has 4 aliphatic heterocycles. The molecule has 6 nitrogen and oxygen atoms in total. The lowest BCUT2D eigenvalue weighted by Gasteiger charge is -2.38. The van der Waals surface area contributed by atoms with Crippen molar-refractivity contribution in [3.8, 4) is 0 Å². The summed E-state index contributed by atoms with van der Waals surface area (Å²) in [4.78, 5) is 4.45. The van der Waals surface area contributed by atoms with E-state index < -0.39 is 24.3 Å². The Morgan fingerprint density at radius 2 is 0.714 bits per heavy atom. The van der Waals surface area contributed by atoms with Crippen molar-refractivity contribution in [2.24, 2.45) is 72.0 Å². The van der Waals surface area contributed by atoms with Crippen LogP contribution in [0.3, 0.4) is 0 Å². The van der Waals surface area contributed by atoms with Gasteiger partial charge in [-0.15, -0.1) is 8.78 Å². The van der Waals surface area contributed by atoms with E-state index >= 15 is 0 Å². The van der Waals surface area contributed by atoms with Crippen molar-refractivity contribution in [2.75, 3.05) is 19.8 Å². The van der Waals surface area contributed by atoms with Crippen molar-refractivity contribution in [1.82, 2.24) is 0 Å². The molecule has 0 N–H and O–H groups in total. The van der Waals surface area contributed by atoms with Gasteiger partial charge in [0.1, 0.15) is 0 Å². The quantitative estimate of drug-likeness (QED) is 0.244. The summed E-state index contributed by atoms with van der Waals surface area (Å²) in [7, 11) is 0. The van der Waals surface area contributed by atoms with Crippen molar-refractivity contribution in [2.45, 2.75) is 217 Å². The van der Waals surface area contributed by atoms with Crippen molar-refractivity contribution in [3.63, 3.8) is 0 Å². The topological polar surface area (TPSA) is 58.5 Å². The second kappa shape index (κ2) is 17.7. The van der Waals surface area contributed by atoms with Crippen molar-refractivity contribution >= 4 is 6.21 Å². The molecule has 0 spiro atoms. The Morgan fingerprint density at radius 3 is 0.946 bits per heavy atom. The first-order valence-corrected chi connectivity index (χ1v) is 21.5. The van der Waals surface area contributed by atoms with Crippen LogP contribution in [0, 0.1) is 67.0 Å². The monoisotopic (exact) mass is 802 g/mol. The predicted molar refractivity (Wildman–Crippen MR) is 232 cm³/mol. The van der Waals surface area contributed by atoms with Gasteiger partial charge in [0.05, 0.1) is 37.6 Å². The van der Waals surface area contributed by atoms with Gasteiger partial charge in [0.2, 0.25) is 0 Å². The largest absolute Gasteiger partial charge is 0.486 e. The predicted octanol–water partition coefficient (Wildman–Crippen LogP) is 13.7. The maximum atomic E-state index is 13.1. The number of nitrogens with zero attached hydrogens (tertiary/aromatic N) is 1. The summed E-state index contributed by atoms with van der Waals surface area (Å²) in [6, 6.07) is 0. The first-order chi connectivity index (χ1) is 24.3. The van der Waals surface area contributed by atoms with Gasteiger partial charge in [-0.3, -0.25) is 14.5 Å². The second-order valence-electron chi connectivity index (χ2n) is 26.3. The van der Waals surface area contributed by atoms with Gasteiger partial charge in [-0.05, 0) is 74.9 Å². The molecule has 4 aliphatic rings. The van der Waals surface area contributed by atoms with Crippen LogP contribution in [0.1, 0.15) is 180 Å². The van der Waals surface area contributed by atoms with E-state index in [2.05, 4.69) is 136 Å². The van der Waals surface area contributed by atoms with E-state index in [1.54, 1.807) is 0 Å². The highest BCUT2D eigenvalue weighted by atomic mass is 19.3. The van der Waals surface area contributed by atoms with Gasteiger partial charge in [0, 0.05) is 18.7 Å². The maximum Gasteiger partial charge on any atom is 0.486 e. The molecular weight excluding hydrogens is 709 g/mol. The lowest BCUT2D eigenvalue weighted by molar-refractivity contribution is -0.357. The van der Waals surface area contributed by atoms with Crippen LogP contribution in [0.4, 0.5) is 8.78 Å². The Morgan fingerprint density at radius 1 is 0.429 bits per heavy atom. The standard InChI is InChI=1S/C13H26O2.C12H23N.C12H24O.C11H20F2O2/c1-11(2,3)9-10(12(4,5)6)15-13(7,8)14-9;2*1-11(2,3)9-7-13-8-10(9)12(4,5)6;1-9(2,3)7-8(10(4,5)6)15-11(12,13)14-7/h9-10H,1-8H3;7,9-10H,8H2,1-6H3;9-10H,7-8H2,1-6H3;7-8H,1-6H3. The third kappa shape index (κ3) is 16.1. The summed E-state index contributed by atoms with van der Waals surface area (Å²) in [6.07, 6.45) is -2.13. The second-order valence-corrected chi connectivity index (χ2v) is 26.3. The lowest BCUT2D eigenvalue weighted by atomic mass is 9.66. The smallest absolute Gasteiger partial charge is 0.381 e. The SMILES string of the molecule is CC(C)(C)C1C=NCC1C(C)(C)C.CC(C)(C)C1COCC1C(C)(C)C.CC(C)(C)C1OC(F)(F)OC1C(C)(C)C.CC1(C)OC(C(C)(C)C)C(C(C)(C)C)O1. The highest BCUT2D eigenvalue weighted by Gasteiger charge is 2.57. The Kier molecular flexibility index (Phi) is 16.9. The van der Waals surface area contributed by atoms with Crippen molar-refractivity contribution in [1.29, 1.82) is 0 Å². The normalized spacial score (nSPS) is 31.2. The Labute approximate surface area is 346 Å². The molecular formula is C48H93F2NO5. The van der Waals surface area contributed by atoms with E-state index in [1.165, 1.54) is 0 Å². The van der Waals surface area contributed by atoms with E-state index in [0.717, 1.165) is 19.8 Å². The maximum absolute atomic E-state index is 13.1. The summed E-state index contributed by atoms with van der Waals surface area (Å²) < 4.78 is 53.2. The average Bonchev–Trinajstić information content (AvgIpc) is 3.70. The number of ether oxygens (including phenoxy) is 5. The van der Waals surface area contributed by atoms with Gasteiger partial charge < -0.3 is 14.2 Å². The molecule has 4 heterocycles. The van der Waals surface area contributed by atoms with E-state index in [4.69, 9.17) is 23.7 Å². The van der Waals surface area contributed by atoms with Crippen LogP contribution in [0.15, 0.2) is 4.99 Å². The minimum absolute atomic E-state index is 0.117. The molecule has 3 saturated heterocycles. The van der Waals surface area contributed by atoms with Gasteiger partial charge >= 0.3 is 6.29 Å². The van der Waals surface area contributed by atoms with Crippen LogP contribution in [-0.2, 0) is 23.7 Å². The fraction of sp³-hybridized carbons (Fsp3) is 0.979. The number of hydrogen-bond donors (Lipinski definition) is 0. The summed E-state index contributed by atoms with van der Waals surface area (Å²) in [5.74, 6) is 2.34. The average molecular weight is 802 g/mol. The van der Waals surface area contributed by atoms with Crippen LogP contribution >= 0.6 is 0 Å². The number of hydrogen-bond acceptors (Lipinski definition) is 6. The fourth-order valence-electron chi connectivity index (χ4n) is 8.14. The zero-order valence-corrected chi connectivity index (χ0v) is 41.6. The minimum Gasteiger partial charge on any atom is -0.381 e. The number of halogens is 2. The van der Waals surface area contributed by atoms with Crippen molar-refractivity contribution in [3.05, 3.63) is 0 Å². The molecule has 0 aromatic rings. The van der Waals surface area contributed by atoms with E-state index in [0.29, 0.717) is 45.3 Å². The third-order valence-electron chi connectivity index (χ3n) is 11.7. The molecule has 334 valence electrons. The lowest BCUT2D eigenvalue weighted by Crippen LogP contribution is -2.42. The first-order valence-electron chi connectivity index (χ1n) is 21.5. The van der Waals surface area contributed by atoms with E-state index in [-0.39, 0.29) is 33.9 Å². The summed E-state index contributed by atoms with van der Waals surface area (Å²) in [6.45, 7) is 59.3. The molecule has 0 radical (unpaired) electrons. The van der Waals surface area contributed by atoms with Crippen LogP contribution in [0.5, 0.6) is 0 Å². The first kappa shape index (κ1) is 53.3. The number of alkyl halides is 2. The van der Waals surface area contributed by atoms with Gasteiger partial charge in [-0.25, -0.2) is 0 Å². The Hall–Kier alpha value is -0.670. The molecule has 56 heavy (non-hydrogen) atoms. The van der Waals surface area contributed by atoms with Gasteiger partial charge in [0.15, 0.2) is 5.79 Å². The van der Waals surface area contributed by atoms with Gasteiger partial charge in [0.25, 0.3) is 0 Å². The van der Waals surface area contributed by atoms with E-state index in [9.17, 15) is 8.78 Å². The third-order valence-corrected chi connectivity index (χ3v) is 11.7. The zero-order chi connectivity index (χ0) is 44.7. The molecule has 0 amide bonds. The number of aliphatic imine (C=N–C) groups is 1. The van der Waals surface area contributed by atoms with Crippen LogP contribution in [0.25, 0.3) is 0 Å². The summed E-state index contributed by atoms with van der Waals surface area (Å²) in [5.41, 5.74) is 1.02. The highest BCUT2D eigenvalue weighted by molar-refractivity contribution is 5.64. The van der Waals surface area contributed by atoms with Gasteiger partial charge in [-0.1, -0.05) is 166 Å². The molecule has 0 aromatic carbocycles. The van der Waals surface area contributed by atoms with Crippen LogP contribution in [0.2, 0.25) is 0 Å². The van der Waals surface area contributed by atoms with Crippen LogP contribution < -0.4 is 0 Å². The molecule has 0 saturated carbocycles. The Balaban J connectivity index is 0.000000374. The highest BCUT2D eigenvalue weighted by Crippen LogP contribution is 2.48. The molecule has 0 aromatic heterocycles. The fourth-order valence-corrected chi connectivity index (χ4v) is 8.14. The number of rotatable bonds is 0. The molecule has 0 aliphatic carbocycles. The minimum atomic E-state index is -3.45. The molecule has 8 heteroatoms. The van der Waals surface area contributed by atoms with Gasteiger partial charge in [-0.2, -0.15) is 0 Å². The zero-order valence-electron chi connectivity index (χ0n) is 41.6. The summed E-state index contributed by atoms with van der Waals surface area (Å²) in [5, 5.41) is 0. The molecule has 0 bridgehead atoms. The Bertz CT molecular complexity index is 1100. The molecule has 8 atom stereocenters. The molecule has 4 rings (SSSR count).